The van der Waals surface area contributed by atoms with E-state index in [1.807, 2.05) is 0 Å². The van der Waals surface area contributed by atoms with Crippen molar-refractivity contribution in [3.63, 3.8) is 0 Å². The Morgan fingerprint density at radius 3 is 2.82 bits per heavy atom. The molecular formula is C16H21ClN2O3. The number of ether oxygens (including phenoxy) is 1. The van der Waals surface area contributed by atoms with Gasteiger partial charge in [0.05, 0.1) is 24.9 Å². The van der Waals surface area contributed by atoms with Gasteiger partial charge in [0.1, 0.15) is 16.5 Å². The van der Waals surface area contributed by atoms with Gasteiger partial charge in [0.15, 0.2) is 0 Å². The van der Waals surface area contributed by atoms with E-state index in [1.165, 1.54) is 19.0 Å². The number of aliphatic hydroxyl groups excluding tert-OH is 1. The topological polar surface area (TPSA) is 71.5 Å². The van der Waals surface area contributed by atoms with Crippen LogP contribution in [0.15, 0.2) is 12.3 Å². The molecule has 1 amide bonds. The fourth-order valence-electron chi connectivity index (χ4n) is 2.83. The Morgan fingerprint density at radius 1 is 1.45 bits per heavy atom. The molecule has 1 heterocycles. The van der Waals surface area contributed by atoms with Gasteiger partial charge in [-0.05, 0) is 31.6 Å². The second-order valence-electron chi connectivity index (χ2n) is 6.35. The van der Waals surface area contributed by atoms with E-state index in [1.54, 1.807) is 6.07 Å². The lowest BCUT2D eigenvalue weighted by Gasteiger charge is -2.27. The third kappa shape index (κ3) is 3.52. The van der Waals surface area contributed by atoms with Gasteiger partial charge in [-0.3, -0.25) is 4.79 Å². The molecule has 0 aliphatic heterocycles. The summed E-state index contributed by atoms with van der Waals surface area (Å²) < 4.78 is 5.67. The third-order valence-corrected chi connectivity index (χ3v) is 4.75. The van der Waals surface area contributed by atoms with E-state index >= 15 is 0 Å². The van der Waals surface area contributed by atoms with Crippen molar-refractivity contribution in [3.8, 4) is 5.75 Å². The van der Waals surface area contributed by atoms with Crippen molar-refractivity contribution in [2.24, 2.45) is 5.92 Å². The molecule has 0 saturated heterocycles. The van der Waals surface area contributed by atoms with Crippen LogP contribution in [-0.2, 0) is 0 Å². The summed E-state index contributed by atoms with van der Waals surface area (Å²) in [6, 6.07) is 1.58. The number of nitrogens with zero attached hydrogens (tertiary/aromatic N) is 1. The highest BCUT2D eigenvalue weighted by atomic mass is 35.5. The minimum atomic E-state index is -0.507. The van der Waals surface area contributed by atoms with Crippen LogP contribution < -0.4 is 10.1 Å². The Balaban J connectivity index is 1.69. The summed E-state index contributed by atoms with van der Waals surface area (Å²) in [5.41, 5.74) is -0.233. The van der Waals surface area contributed by atoms with Crippen LogP contribution in [0.25, 0.3) is 0 Å². The zero-order valence-electron chi connectivity index (χ0n) is 12.5. The molecule has 3 rings (SSSR count). The maximum Gasteiger partial charge on any atom is 0.270 e. The van der Waals surface area contributed by atoms with Crippen LogP contribution >= 0.6 is 11.6 Å². The smallest absolute Gasteiger partial charge is 0.270 e. The molecule has 6 heteroatoms. The first-order valence-corrected chi connectivity index (χ1v) is 8.21. The Morgan fingerprint density at radius 2 is 2.18 bits per heavy atom. The van der Waals surface area contributed by atoms with Crippen LogP contribution in [0.4, 0.5) is 0 Å². The summed E-state index contributed by atoms with van der Waals surface area (Å²) in [6.45, 7) is 0.586. The Bertz CT molecular complexity index is 554. The number of carbonyl (C=O) groups is 1. The second-order valence-corrected chi connectivity index (χ2v) is 6.76. The summed E-state index contributed by atoms with van der Waals surface area (Å²) in [5, 5.41) is 12.9. The van der Waals surface area contributed by atoms with E-state index in [9.17, 15) is 9.90 Å². The highest BCUT2D eigenvalue weighted by Gasteiger charge is 2.35. The van der Waals surface area contributed by atoms with Crippen molar-refractivity contribution in [2.45, 2.75) is 44.1 Å². The van der Waals surface area contributed by atoms with Gasteiger partial charge in [0, 0.05) is 6.07 Å². The normalized spacial score (nSPS) is 19.9. The van der Waals surface area contributed by atoms with Crippen molar-refractivity contribution >= 4 is 17.5 Å². The van der Waals surface area contributed by atoms with Crippen LogP contribution in [0, 0.1) is 5.92 Å². The number of hydrogen-bond donors (Lipinski definition) is 2. The van der Waals surface area contributed by atoms with Gasteiger partial charge in [-0.25, -0.2) is 4.98 Å². The summed E-state index contributed by atoms with van der Waals surface area (Å²) in [4.78, 5) is 16.5. The Kier molecular flexibility index (Phi) is 4.54. The van der Waals surface area contributed by atoms with E-state index < -0.39 is 5.54 Å². The monoisotopic (exact) mass is 324 g/mol. The number of pyridine rings is 1. The maximum atomic E-state index is 12.4. The van der Waals surface area contributed by atoms with Crippen LogP contribution in [0.2, 0.25) is 5.02 Å². The molecule has 2 aliphatic rings. The SMILES string of the molecule is O=C(NC1(CO)CCCC1)c1cc(OCC2CC2)c(Cl)cn1. The van der Waals surface area contributed by atoms with Crippen molar-refractivity contribution in [1.82, 2.24) is 10.3 Å². The number of amides is 1. The molecule has 2 saturated carbocycles. The highest BCUT2D eigenvalue weighted by Crippen LogP contribution is 2.32. The summed E-state index contributed by atoms with van der Waals surface area (Å²) >= 11 is 6.07. The van der Waals surface area contributed by atoms with Gasteiger partial charge in [0.2, 0.25) is 0 Å². The van der Waals surface area contributed by atoms with Crippen molar-refractivity contribution < 1.29 is 14.6 Å². The van der Waals surface area contributed by atoms with Crippen LogP contribution in [0.5, 0.6) is 5.75 Å². The van der Waals surface area contributed by atoms with Gasteiger partial charge in [0.25, 0.3) is 5.91 Å². The van der Waals surface area contributed by atoms with Crippen molar-refractivity contribution in [3.05, 3.63) is 23.0 Å². The number of rotatable bonds is 6. The zero-order valence-corrected chi connectivity index (χ0v) is 13.2. The molecule has 2 aliphatic carbocycles. The standard InChI is InChI=1S/C16H21ClN2O3/c17-12-8-18-13(7-14(12)22-9-11-3-4-11)15(21)19-16(10-20)5-1-2-6-16/h7-8,11,20H,1-6,9-10H2,(H,19,21). The summed E-state index contributed by atoms with van der Waals surface area (Å²) in [7, 11) is 0. The van der Waals surface area contributed by atoms with Crippen molar-refractivity contribution in [2.75, 3.05) is 13.2 Å². The molecule has 0 atom stereocenters. The molecule has 22 heavy (non-hydrogen) atoms. The van der Waals surface area contributed by atoms with Gasteiger partial charge >= 0.3 is 0 Å². The number of aromatic nitrogens is 1. The first-order chi connectivity index (χ1) is 10.6. The summed E-state index contributed by atoms with van der Waals surface area (Å²) in [5.74, 6) is 0.819. The van der Waals surface area contributed by atoms with Gasteiger partial charge in [-0.15, -0.1) is 0 Å². The van der Waals surface area contributed by atoms with Gasteiger partial charge in [-0.2, -0.15) is 0 Å². The first-order valence-electron chi connectivity index (χ1n) is 7.84. The van der Waals surface area contributed by atoms with E-state index in [2.05, 4.69) is 10.3 Å². The number of nitrogens with one attached hydrogen (secondary N) is 1. The van der Waals surface area contributed by atoms with E-state index in [4.69, 9.17) is 16.3 Å². The zero-order chi connectivity index (χ0) is 15.6. The Labute approximate surface area is 135 Å². The third-order valence-electron chi connectivity index (χ3n) is 4.47. The molecule has 2 N–H and O–H groups in total. The predicted octanol–water partition coefficient (Wildman–Crippen LogP) is 2.56. The van der Waals surface area contributed by atoms with Crippen LogP contribution in [0.3, 0.4) is 0 Å². The largest absolute Gasteiger partial charge is 0.492 e. The molecule has 1 aromatic heterocycles. The molecule has 0 aromatic carbocycles. The average Bonchev–Trinajstić information content (AvgIpc) is 3.24. The highest BCUT2D eigenvalue weighted by molar-refractivity contribution is 6.32. The molecule has 2 fully saturated rings. The van der Waals surface area contributed by atoms with E-state index in [-0.39, 0.29) is 18.2 Å². The van der Waals surface area contributed by atoms with Crippen molar-refractivity contribution in [1.29, 1.82) is 0 Å². The maximum absolute atomic E-state index is 12.4. The minimum absolute atomic E-state index is 0.0443. The fourth-order valence-corrected chi connectivity index (χ4v) is 2.98. The number of halogens is 1. The lowest BCUT2D eigenvalue weighted by molar-refractivity contribution is 0.0833. The molecule has 0 unspecified atom stereocenters. The molecule has 5 nitrogen and oxygen atoms in total. The Hall–Kier alpha value is -1.33. The number of aliphatic hydroxyl groups is 1. The molecular weight excluding hydrogens is 304 g/mol. The quantitative estimate of drug-likeness (QED) is 0.843. The first kappa shape index (κ1) is 15.6. The minimum Gasteiger partial charge on any atom is -0.492 e. The molecule has 0 radical (unpaired) electrons. The average molecular weight is 325 g/mol. The van der Waals surface area contributed by atoms with E-state index in [0.717, 1.165) is 25.7 Å². The number of hydrogen-bond acceptors (Lipinski definition) is 4. The lowest BCUT2D eigenvalue weighted by atomic mass is 9.98. The predicted molar refractivity (Wildman–Crippen MR) is 83.2 cm³/mol. The van der Waals surface area contributed by atoms with Gasteiger partial charge < -0.3 is 15.2 Å². The summed E-state index contributed by atoms with van der Waals surface area (Å²) in [6.07, 6.45) is 7.46. The molecule has 0 spiro atoms. The fraction of sp³-hybridized carbons (Fsp3) is 0.625. The van der Waals surface area contributed by atoms with Gasteiger partial charge in [-0.1, -0.05) is 24.4 Å². The number of carbonyl (C=O) groups excluding carboxylic acids is 1. The molecule has 0 bridgehead atoms. The van der Waals surface area contributed by atoms with Crippen LogP contribution in [0.1, 0.15) is 49.0 Å². The molecule has 120 valence electrons. The molecule has 1 aromatic rings. The second kappa shape index (κ2) is 6.42. The van der Waals surface area contributed by atoms with Crippen LogP contribution in [-0.4, -0.2) is 34.8 Å². The lowest BCUT2D eigenvalue weighted by Crippen LogP contribution is -2.49. The van der Waals surface area contributed by atoms with E-state index in [0.29, 0.717) is 23.3 Å².